The molecule has 3 aliphatic rings. The SMILES string of the molecule is COC(=O)[C@@H]1CC[C@H](c2nc(C3(CN(C(=O)OC(C)(C)C)[C@H]4CC4c4ccccc4)CC3)no2)C1. The number of hydrogen-bond acceptors (Lipinski definition) is 7. The van der Waals surface area contributed by atoms with Gasteiger partial charge in [-0.2, -0.15) is 4.98 Å². The Kier molecular flexibility index (Phi) is 6.09. The Balaban J connectivity index is 1.32. The van der Waals surface area contributed by atoms with E-state index in [1.165, 1.54) is 12.7 Å². The molecule has 3 saturated carbocycles. The van der Waals surface area contributed by atoms with Crippen molar-refractivity contribution in [2.24, 2.45) is 5.92 Å². The van der Waals surface area contributed by atoms with Crippen molar-refractivity contribution in [1.82, 2.24) is 15.0 Å². The first kappa shape index (κ1) is 23.8. The molecule has 8 heteroatoms. The molecule has 8 nitrogen and oxygen atoms in total. The molecule has 4 atom stereocenters. The largest absolute Gasteiger partial charge is 0.469 e. The van der Waals surface area contributed by atoms with Gasteiger partial charge in [-0.15, -0.1) is 0 Å². The Morgan fingerprint density at radius 2 is 1.89 bits per heavy atom. The van der Waals surface area contributed by atoms with Gasteiger partial charge in [0, 0.05) is 24.4 Å². The second kappa shape index (κ2) is 8.95. The maximum atomic E-state index is 13.3. The average molecular weight is 482 g/mol. The minimum atomic E-state index is -0.568. The summed E-state index contributed by atoms with van der Waals surface area (Å²) < 4.78 is 16.4. The van der Waals surface area contributed by atoms with E-state index in [2.05, 4.69) is 17.3 Å². The number of carbonyl (C=O) groups is 2. The molecule has 188 valence electrons. The van der Waals surface area contributed by atoms with Crippen LogP contribution in [0, 0.1) is 5.92 Å². The molecule has 0 saturated heterocycles. The van der Waals surface area contributed by atoms with Crippen LogP contribution in [0.5, 0.6) is 0 Å². The summed E-state index contributed by atoms with van der Waals surface area (Å²) in [5, 5.41) is 4.35. The third-order valence-electron chi connectivity index (χ3n) is 7.57. The van der Waals surface area contributed by atoms with Gasteiger partial charge in [-0.25, -0.2) is 4.79 Å². The zero-order chi connectivity index (χ0) is 24.8. The number of hydrogen-bond donors (Lipinski definition) is 0. The molecule has 3 fully saturated rings. The van der Waals surface area contributed by atoms with Crippen LogP contribution < -0.4 is 0 Å². The fourth-order valence-corrected chi connectivity index (χ4v) is 5.35. The Morgan fingerprint density at radius 1 is 1.14 bits per heavy atom. The Labute approximate surface area is 206 Å². The molecule has 3 aliphatic carbocycles. The Bertz CT molecular complexity index is 1070. The van der Waals surface area contributed by atoms with E-state index in [1.54, 1.807) is 0 Å². The van der Waals surface area contributed by atoms with Crippen LogP contribution >= 0.6 is 0 Å². The molecule has 5 rings (SSSR count). The van der Waals surface area contributed by atoms with Crippen LogP contribution in [0.15, 0.2) is 34.9 Å². The number of amides is 1. The van der Waals surface area contributed by atoms with E-state index in [0.29, 0.717) is 30.6 Å². The second-order valence-corrected chi connectivity index (χ2v) is 11.4. The summed E-state index contributed by atoms with van der Waals surface area (Å²) in [6, 6.07) is 10.4. The van der Waals surface area contributed by atoms with Crippen molar-refractivity contribution < 1.29 is 23.6 Å². The van der Waals surface area contributed by atoms with Gasteiger partial charge in [0.2, 0.25) is 5.89 Å². The van der Waals surface area contributed by atoms with Crippen molar-refractivity contribution in [3.63, 3.8) is 0 Å². The summed E-state index contributed by atoms with van der Waals surface area (Å²) in [5.74, 6) is 1.37. The van der Waals surface area contributed by atoms with Crippen LogP contribution in [0.25, 0.3) is 0 Å². The van der Waals surface area contributed by atoms with Crippen LogP contribution in [-0.2, 0) is 19.7 Å². The molecule has 0 bridgehead atoms. The lowest BCUT2D eigenvalue weighted by atomic mass is 10.0. The first-order valence-electron chi connectivity index (χ1n) is 12.7. The molecule has 0 spiro atoms. The van der Waals surface area contributed by atoms with Crippen molar-refractivity contribution in [3.8, 4) is 0 Å². The Hall–Kier alpha value is -2.90. The summed E-state index contributed by atoms with van der Waals surface area (Å²) >= 11 is 0. The molecular formula is C27H35N3O5. The number of benzene rings is 1. The maximum absolute atomic E-state index is 13.3. The molecule has 0 aliphatic heterocycles. The van der Waals surface area contributed by atoms with Gasteiger partial charge in [0.15, 0.2) is 5.82 Å². The van der Waals surface area contributed by atoms with E-state index < -0.39 is 5.60 Å². The van der Waals surface area contributed by atoms with Gasteiger partial charge < -0.3 is 18.9 Å². The number of ether oxygens (including phenoxy) is 2. The summed E-state index contributed by atoms with van der Waals surface area (Å²) in [7, 11) is 1.43. The molecule has 0 N–H and O–H groups in total. The third kappa shape index (κ3) is 5.07. The number of aromatic nitrogens is 2. The van der Waals surface area contributed by atoms with Crippen LogP contribution in [0.3, 0.4) is 0 Å². The maximum Gasteiger partial charge on any atom is 0.410 e. The summed E-state index contributed by atoms with van der Waals surface area (Å²) in [6.45, 7) is 6.20. The number of esters is 1. The molecular weight excluding hydrogens is 446 g/mol. The van der Waals surface area contributed by atoms with E-state index in [-0.39, 0.29) is 35.4 Å². The van der Waals surface area contributed by atoms with E-state index >= 15 is 0 Å². The molecule has 0 radical (unpaired) electrons. The van der Waals surface area contributed by atoms with Crippen molar-refractivity contribution in [2.45, 2.75) is 88.2 Å². The van der Waals surface area contributed by atoms with Crippen molar-refractivity contribution in [3.05, 3.63) is 47.6 Å². The first-order valence-corrected chi connectivity index (χ1v) is 12.7. The van der Waals surface area contributed by atoms with Crippen LogP contribution in [0.1, 0.15) is 88.4 Å². The molecule has 1 heterocycles. The predicted octanol–water partition coefficient (Wildman–Crippen LogP) is 4.95. The lowest BCUT2D eigenvalue weighted by Crippen LogP contribution is -2.43. The van der Waals surface area contributed by atoms with E-state index in [1.807, 2.05) is 43.9 Å². The van der Waals surface area contributed by atoms with Crippen LogP contribution in [0.4, 0.5) is 4.79 Å². The fraction of sp³-hybridized carbons (Fsp3) is 0.630. The second-order valence-electron chi connectivity index (χ2n) is 11.4. The number of carbonyl (C=O) groups excluding carboxylic acids is 2. The molecule has 1 aromatic carbocycles. The van der Waals surface area contributed by atoms with Gasteiger partial charge in [0.1, 0.15) is 5.60 Å². The summed E-state index contributed by atoms with van der Waals surface area (Å²) in [5.41, 5.74) is 0.378. The molecule has 35 heavy (non-hydrogen) atoms. The standard InChI is InChI=1S/C27H35N3O5/c1-26(2,3)34-25(32)30(21-15-20(21)17-8-6-5-7-9-17)16-27(12-13-27)24-28-22(35-29-24)18-10-11-19(14-18)23(31)33-4/h5-9,18-21H,10-16H2,1-4H3/t18-,19+,20?,21-/m0/s1. The average Bonchev–Trinajstić information content (AvgIpc) is 3.67. The highest BCUT2D eigenvalue weighted by atomic mass is 16.6. The van der Waals surface area contributed by atoms with Crippen molar-refractivity contribution in [2.75, 3.05) is 13.7 Å². The third-order valence-corrected chi connectivity index (χ3v) is 7.57. The van der Waals surface area contributed by atoms with Gasteiger partial charge in [-0.1, -0.05) is 35.5 Å². The number of rotatable bonds is 7. The molecule has 1 aromatic heterocycles. The minimum absolute atomic E-state index is 0.0732. The van der Waals surface area contributed by atoms with E-state index in [4.69, 9.17) is 19.0 Å². The highest BCUT2D eigenvalue weighted by Gasteiger charge is 2.55. The molecule has 2 aromatic rings. The highest BCUT2D eigenvalue weighted by Crippen LogP contribution is 2.52. The minimum Gasteiger partial charge on any atom is -0.469 e. The zero-order valence-corrected chi connectivity index (χ0v) is 21.0. The zero-order valence-electron chi connectivity index (χ0n) is 21.0. The monoisotopic (exact) mass is 481 g/mol. The smallest absolute Gasteiger partial charge is 0.410 e. The quantitative estimate of drug-likeness (QED) is 0.516. The summed E-state index contributed by atoms with van der Waals surface area (Å²) in [6.07, 6.45) is 4.73. The van der Waals surface area contributed by atoms with Crippen LogP contribution in [-0.4, -0.2) is 52.4 Å². The normalized spacial score (nSPS) is 26.7. The van der Waals surface area contributed by atoms with Crippen molar-refractivity contribution >= 4 is 12.1 Å². The highest BCUT2D eigenvalue weighted by molar-refractivity contribution is 5.72. The van der Waals surface area contributed by atoms with Gasteiger partial charge in [0.25, 0.3) is 0 Å². The van der Waals surface area contributed by atoms with Gasteiger partial charge in [-0.3, -0.25) is 4.79 Å². The van der Waals surface area contributed by atoms with Crippen molar-refractivity contribution in [1.29, 1.82) is 0 Å². The molecule has 1 unspecified atom stereocenters. The van der Waals surface area contributed by atoms with Gasteiger partial charge in [-0.05, 0) is 64.9 Å². The van der Waals surface area contributed by atoms with Gasteiger partial charge in [0.05, 0.1) is 18.4 Å². The van der Waals surface area contributed by atoms with E-state index in [9.17, 15) is 9.59 Å². The molecule has 1 amide bonds. The lowest BCUT2D eigenvalue weighted by molar-refractivity contribution is -0.145. The summed E-state index contributed by atoms with van der Waals surface area (Å²) in [4.78, 5) is 31.9. The van der Waals surface area contributed by atoms with Gasteiger partial charge >= 0.3 is 12.1 Å². The predicted molar refractivity (Wildman–Crippen MR) is 128 cm³/mol. The lowest BCUT2D eigenvalue weighted by Gasteiger charge is -2.30. The topological polar surface area (TPSA) is 94.8 Å². The Morgan fingerprint density at radius 3 is 2.54 bits per heavy atom. The number of methoxy groups -OCH3 is 1. The fourth-order valence-electron chi connectivity index (χ4n) is 5.35. The first-order chi connectivity index (χ1) is 16.7. The van der Waals surface area contributed by atoms with E-state index in [0.717, 1.165) is 32.1 Å². The van der Waals surface area contributed by atoms with Crippen LogP contribution in [0.2, 0.25) is 0 Å². The number of nitrogens with zero attached hydrogens (tertiary/aromatic N) is 3.